The fourth-order valence-corrected chi connectivity index (χ4v) is 3.41. The monoisotopic (exact) mass is 389 g/mol. The second kappa shape index (κ2) is 10.3. The average molecular weight is 390 g/mol. The summed E-state index contributed by atoms with van der Waals surface area (Å²) < 4.78 is 5.54. The molecule has 3 atom stereocenters. The van der Waals surface area contributed by atoms with Crippen molar-refractivity contribution in [3.63, 3.8) is 0 Å². The number of hydrogen-bond donors (Lipinski definition) is 2. The van der Waals surface area contributed by atoms with Gasteiger partial charge in [0, 0.05) is 32.2 Å². The van der Waals surface area contributed by atoms with Crippen LogP contribution < -0.4 is 10.6 Å². The minimum atomic E-state index is -0.238. The molecule has 2 aliphatic rings. The van der Waals surface area contributed by atoms with Crippen LogP contribution in [-0.4, -0.2) is 55.2 Å². The fourth-order valence-electron chi connectivity index (χ4n) is 3.41. The van der Waals surface area contributed by atoms with Gasteiger partial charge in [0.25, 0.3) is 0 Å². The van der Waals surface area contributed by atoms with Crippen molar-refractivity contribution >= 4 is 30.7 Å². The third kappa shape index (κ3) is 5.56. The van der Waals surface area contributed by atoms with Crippen LogP contribution in [0, 0.1) is 0 Å². The number of ether oxygens (including phenoxy) is 1. The van der Waals surface area contributed by atoms with Gasteiger partial charge >= 0.3 is 0 Å². The number of morpholine rings is 1. The van der Waals surface area contributed by atoms with Gasteiger partial charge in [0.15, 0.2) is 0 Å². The lowest BCUT2D eigenvalue weighted by Gasteiger charge is -2.34. The van der Waals surface area contributed by atoms with Crippen LogP contribution in [0.15, 0.2) is 24.3 Å². The maximum absolute atomic E-state index is 12.3. The Balaban J connectivity index is 0.00000156. The number of nitrogens with zero attached hydrogens (tertiary/aromatic N) is 1. The summed E-state index contributed by atoms with van der Waals surface area (Å²) in [5.74, 6) is 0.0430. The number of hydrogen-bond acceptors (Lipinski definition) is 4. The Morgan fingerprint density at radius 1 is 1.36 bits per heavy atom. The van der Waals surface area contributed by atoms with E-state index in [0.29, 0.717) is 19.2 Å². The highest BCUT2D eigenvalue weighted by Crippen LogP contribution is 2.20. The van der Waals surface area contributed by atoms with Crippen molar-refractivity contribution in [3.8, 4) is 0 Å². The lowest BCUT2D eigenvalue weighted by atomic mass is 9.99. The van der Waals surface area contributed by atoms with Gasteiger partial charge in [-0.3, -0.25) is 9.69 Å². The molecule has 0 aromatic heterocycles. The Kier molecular flexibility index (Phi) is 9.17. The molecule has 0 radical (unpaired) electrons. The normalized spacial score (nSPS) is 24.2. The third-order valence-electron chi connectivity index (χ3n) is 4.95. The van der Waals surface area contributed by atoms with E-state index in [-0.39, 0.29) is 42.9 Å². The van der Waals surface area contributed by atoms with Gasteiger partial charge in [-0.1, -0.05) is 24.3 Å². The highest BCUT2D eigenvalue weighted by molar-refractivity contribution is 5.85. The Hall–Kier alpha value is -0.850. The number of nitrogens with one attached hydrogen (secondary N) is 2. The number of halogens is 2. The number of fused-ring (bicyclic) bond motifs is 1. The lowest BCUT2D eigenvalue weighted by Crippen LogP contribution is -2.57. The highest BCUT2D eigenvalue weighted by Gasteiger charge is 2.29. The average Bonchev–Trinajstić information content (AvgIpc) is 2.59. The van der Waals surface area contributed by atoms with Gasteiger partial charge in [-0.2, -0.15) is 0 Å². The van der Waals surface area contributed by atoms with Crippen molar-refractivity contribution in [2.24, 2.45) is 0 Å². The summed E-state index contributed by atoms with van der Waals surface area (Å²) in [7, 11) is 0. The van der Waals surface area contributed by atoms with E-state index in [9.17, 15) is 4.79 Å². The minimum Gasteiger partial charge on any atom is -0.375 e. The van der Waals surface area contributed by atoms with Crippen molar-refractivity contribution in [1.29, 1.82) is 0 Å². The van der Waals surface area contributed by atoms with E-state index in [1.165, 1.54) is 11.1 Å². The van der Waals surface area contributed by atoms with Crippen molar-refractivity contribution in [3.05, 3.63) is 35.4 Å². The molecule has 1 aromatic rings. The van der Waals surface area contributed by atoms with E-state index in [1.54, 1.807) is 0 Å². The number of carbonyl (C=O) groups is 1. The first-order chi connectivity index (χ1) is 11.1. The van der Waals surface area contributed by atoms with E-state index in [4.69, 9.17) is 4.74 Å². The molecule has 25 heavy (non-hydrogen) atoms. The van der Waals surface area contributed by atoms with Gasteiger partial charge in [0.2, 0.25) is 5.91 Å². The molecule has 5 nitrogen and oxygen atoms in total. The predicted molar refractivity (Wildman–Crippen MR) is 105 cm³/mol. The first kappa shape index (κ1) is 22.2. The molecule has 0 bridgehead atoms. The van der Waals surface area contributed by atoms with Crippen LogP contribution in [0.3, 0.4) is 0 Å². The van der Waals surface area contributed by atoms with Crippen LogP contribution in [0.4, 0.5) is 0 Å². The summed E-state index contributed by atoms with van der Waals surface area (Å²) in [6.45, 7) is 8.23. The summed E-state index contributed by atoms with van der Waals surface area (Å²) >= 11 is 0. The molecule has 2 aliphatic heterocycles. The zero-order valence-corrected chi connectivity index (χ0v) is 16.5. The van der Waals surface area contributed by atoms with Crippen molar-refractivity contribution in [2.75, 3.05) is 26.2 Å². The summed E-state index contributed by atoms with van der Waals surface area (Å²) in [4.78, 5) is 14.8. The highest BCUT2D eigenvalue weighted by atomic mass is 35.5. The van der Waals surface area contributed by atoms with Crippen LogP contribution in [0.1, 0.15) is 25.0 Å². The summed E-state index contributed by atoms with van der Waals surface area (Å²) in [5.41, 5.74) is 2.87. The lowest BCUT2D eigenvalue weighted by molar-refractivity contribution is -0.129. The maximum atomic E-state index is 12.3. The van der Waals surface area contributed by atoms with Crippen LogP contribution in [0.25, 0.3) is 0 Å². The smallest absolute Gasteiger partial charge is 0.239 e. The number of amides is 1. The predicted octanol–water partition coefficient (Wildman–Crippen LogP) is 1.77. The molecule has 2 heterocycles. The van der Waals surface area contributed by atoms with Crippen LogP contribution in [0.2, 0.25) is 0 Å². The van der Waals surface area contributed by atoms with Gasteiger partial charge in [-0.25, -0.2) is 0 Å². The second-order valence-electron chi connectivity index (χ2n) is 6.59. The quantitative estimate of drug-likeness (QED) is 0.823. The summed E-state index contributed by atoms with van der Waals surface area (Å²) in [5, 5.41) is 6.31. The molecule has 3 rings (SSSR count). The number of carbonyl (C=O) groups excluding carboxylic acids is 1. The second-order valence-corrected chi connectivity index (χ2v) is 6.59. The number of benzene rings is 1. The van der Waals surface area contributed by atoms with Gasteiger partial charge in [0.05, 0.1) is 12.7 Å². The van der Waals surface area contributed by atoms with Crippen molar-refractivity contribution in [2.45, 2.75) is 45.0 Å². The topological polar surface area (TPSA) is 53.6 Å². The first-order valence-corrected chi connectivity index (χ1v) is 8.58. The standard InChI is InChI=1S/C18H27N3O2.2ClH/c1-13(11-20-18(22)17-14(2)23-10-8-19-17)21-9-7-15-5-3-4-6-16(15)12-21;;/h3-6,13-14,17,19H,7-12H2,1-2H3,(H,20,22);2*1H/t13?,14-,17+;;/m1../s1. The van der Waals surface area contributed by atoms with Crippen LogP contribution >= 0.6 is 24.8 Å². The molecular weight excluding hydrogens is 361 g/mol. The SMILES string of the molecule is CC(CNC(=O)[C@H]1NCCO[C@@H]1C)N1CCc2ccccc2C1.Cl.Cl. The molecule has 0 aliphatic carbocycles. The third-order valence-corrected chi connectivity index (χ3v) is 4.95. The van der Waals surface area contributed by atoms with Crippen LogP contribution in [0.5, 0.6) is 0 Å². The zero-order chi connectivity index (χ0) is 16.2. The molecule has 1 unspecified atom stereocenters. The Bertz CT molecular complexity index is 559. The molecule has 142 valence electrons. The maximum Gasteiger partial charge on any atom is 0.239 e. The first-order valence-electron chi connectivity index (χ1n) is 8.58. The van der Waals surface area contributed by atoms with Crippen molar-refractivity contribution in [1.82, 2.24) is 15.5 Å². The zero-order valence-electron chi connectivity index (χ0n) is 14.9. The molecule has 1 fully saturated rings. The van der Waals surface area contributed by atoms with Gasteiger partial charge in [-0.15, -0.1) is 24.8 Å². The summed E-state index contributed by atoms with van der Waals surface area (Å²) in [6.07, 6.45) is 1.02. The van der Waals surface area contributed by atoms with Crippen LogP contribution in [-0.2, 0) is 22.5 Å². The molecule has 1 aromatic carbocycles. The van der Waals surface area contributed by atoms with E-state index >= 15 is 0 Å². The molecule has 1 saturated heterocycles. The van der Waals surface area contributed by atoms with Gasteiger partial charge in [-0.05, 0) is 31.4 Å². The summed E-state index contributed by atoms with van der Waals surface area (Å²) in [6, 6.07) is 8.72. The Labute approximate surface area is 162 Å². The Morgan fingerprint density at radius 3 is 2.80 bits per heavy atom. The molecule has 7 heteroatoms. The van der Waals surface area contributed by atoms with E-state index in [2.05, 4.69) is 46.7 Å². The molecular formula is C18H29Cl2N3O2. The number of rotatable bonds is 4. The largest absolute Gasteiger partial charge is 0.375 e. The van der Waals surface area contributed by atoms with Gasteiger partial charge < -0.3 is 15.4 Å². The molecule has 1 amide bonds. The molecule has 2 N–H and O–H groups in total. The van der Waals surface area contributed by atoms with E-state index < -0.39 is 0 Å². The minimum absolute atomic E-state index is 0. The van der Waals surface area contributed by atoms with E-state index in [1.807, 2.05) is 6.92 Å². The Morgan fingerprint density at radius 2 is 2.08 bits per heavy atom. The fraction of sp³-hybridized carbons (Fsp3) is 0.611. The molecule has 0 spiro atoms. The molecule has 0 saturated carbocycles. The van der Waals surface area contributed by atoms with E-state index in [0.717, 1.165) is 26.1 Å². The van der Waals surface area contributed by atoms with Crippen molar-refractivity contribution < 1.29 is 9.53 Å². The van der Waals surface area contributed by atoms with Gasteiger partial charge in [0.1, 0.15) is 6.04 Å².